The van der Waals surface area contributed by atoms with Crippen LogP contribution in [-0.2, 0) is 12.7 Å². The maximum absolute atomic E-state index is 14.0. The summed E-state index contributed by atoms with van der Waals surface area (Å²) in [5.74, 6) is 0.886. The number of halogens is 4. The lowest BCUT2D eigenvalue weighted by Crippen LogP contribution is -2.44. The molecular formula is C24H21ClF3N7O. The number of aromatic nitrogens is 2. The van der Waals surface area contributed by atoms with Crippen LogP contribution in [0.5, 0.6) is 5.75 Å². The van der Waals surface area contributed by atoms with Crippen LogP contribution in [0.2, 0.25) is 5.02 Å². The van der Waals surface area contributed by atoms with Crippen LogP contribution in [0.4, 0.5) is 24.7 Å². The summed E-state index contributed by atoms with van der Waals surface area (Å²) in [5.41, 5.74) is 6.30. The van der Waals surface area contributed by atoms with Gasteiger partial charge in [0.1, 0.15) is 30.3 Å². The van der Waals surface area contributed by atoms with Gasteiger partial charge in [0.05, 0.1) is 39.1 Å². The van der Waals surface area contributed by atoms with E-state index < -0.39 is 11.7 Å². The van der Waals surface area contributed by atoms with Crippen molar-refractivity contribution in [2.75, 3.05) is 24.8 Å². The van der Waals surface area contributed by atoms with Crippen LogP contribution < -0.4 is 31.7 Å². The molecule has 8 nitrogen and oxygen atoms in total. The van der Waals surface area contributed by atoms with Crippen molar-refractivity contribution in [1.29, 1.82) is 0 Å². The third kappa shape index (κ3) is 4.15. The number of alkyl halides is 3. The van der Waals surface area contributed by atoms with Gasteiger partial charge in [-0.25, -0.2) is 4.98 Å². The Morgan fingerprint density at radius 1 is 1.25 bits per heavy atom. The quantitative estimate of drug-likeness (QED) is 0.490. The SMILES string of the molecule is CNc1cncc(CN2C=COc3cc(-c4nc(N)cc(C)c4C(F)(F)F)c(Cl)c4c3=C2NCN=4)c1. The number of nitrogens with one attached hydrogen (secondary N) is 2. The molecule has 0 radical (unpaired) electrons. The van der Waals surface area contributed by atoms with E-state index in [-0.39, 0.29) is 40.1 Å². The Morgan fingerprint density at radius 3 is 2.81 bits per heavy atom. The molecule has 2 aromatic heterocycles. The lowest BCUT2D eigenvalue weighted by molar-refractivity contribution is -0.137. The third-order valence-corrected chi connectivity index (χ3v) is 6.24. The van der Waals surface area contributed by atoms with E-state index in [4.69, 9.17) is 22.1 Å². The fourth-order valence-electron chi connectivity index (χ4n) is 4.33. The third-order valence-electron chi connectivity index (χ3n) is 5.86. The van der Waals surface area contributed by atoms with E-state index in [1.165, 1.54) is 25.3 Å². The molecule has 0 bridgehead atoms. The predicted molar refractivity (Wildman–Crippen MR) is 130 cm³/mol. The Hall–Kier alpha value is -3.99. The van der Waals surface area contributed by atoms with E-state index in [0.717, 1.165) is 11.3 Å². The van der Waals surface area contributed by atoms with Gasteiger partial charge in [0.25, 0.3) is 0 Å². The minimum atomic E-state index is -4.67. The Bertz CT molecular complexity index is 1520. The highest BCUT2D eigenvalue weighted by atomic mass is 35.5. The lowest BCUT2D eigenvalue weighted by atomic mass is 9.99. The smallest absolute Gasteiger partial charge is 0.418 e. The van der Waals surface area contributed by atoms with Gasteiger partial charge in [0.15, 0.2) is 0 Å². The number of hydrogen-bond donors (Lipinski definition) is 3. The van der Waals surface area contributed by atoms with Crippen molar-refractivity contribution in [3.8, 4) is 17.0 Å². The van der Waals surface area contributed by atoms with Gasteiger partial charge in [-0.2, -0.15) is 13.2 Å². The highest BCUT2D eigenvalue weighted by Gasteiger charge is 2.38. The molecular weight excluding hydrogens is 495 g/mol. The van der Waals surface area contributed by atoms with Crippen LogP contribution in [0.25, 0.3) is 17.1 Å². The summed E-state index contributed by atoms with van der Waals surface area (Å²) >= 11 is 6.71. The molecule has 4 N–H and O–H groups in total. The van der Waals surface area contributed by atoms with Crippen LogP contribution in [-0.4, -0.2) is 28.6 Å². The molecule has 0 amide bonds. The van der Waals surface area contributed by atoms with Crippen molar-refractivity contribution in [1.82, 2.24) is 20.2 Å². The number of ether oxygens (including phenoxy) is 1. The van der Waals surface area contributed by atoms with Gasteiger partial charge in [0.2, 0.25) is 0 Å². The molecule has 0 saturated heterocycles. The van der Waals surface area contributed by atoms with Crippen molar-refractivity contribution in [3.05, 3.63) is 75.3 Å². The van der Waals surface area contributed by atoms with Crippen molar-refractivity contribution in [3.63, 3.8) is 0 Å². The molecule has 0 saturated carbocycles. The highest BCUT2D eigenvalue weighted by Crippen LogP contribution is 2.41. The molecule has 2 aliphatic rings. The largest absolute Gasteiger partial charge is 0.463 e. The Kier molecular flexibility index (Phi) is 5.87. The summed E-state index contributed by atoms with van der Waals surface area (Å²) in [6.45, 7) is 1.94. The van der Waals surface area contributed by atoms with Crippen molar-refractivity contribution < 1.29 is 17.9 Å². The molecule has 186 valence electrons. The molecule has 1 aromatic carbocycles. The van der Waals surface area contributed by atoms with E-state index in [1.807, 2.05) is 18.0 Å². The van der Waals surface area contributed by atoms with Gasteiger partial charge in [-0.1, -0.05) is 11.6 Å². The Labute approximate surface area is 209 Å². The molecule has 0 spiro atoms. The molecule has 36 heavy (non-hydrogen) atoms. The van der Waals surface area contributed by atoms with Crippen molar-refractivity contribution in [2.24, 2.45) is 4.99 Å². The zero-order chi connectivity index (χ0) is 25.6. The number of nitrogen functional groups attached to an aromatic ring is 1. The fourth-order valence-corrected chi connectivity index (χ4v) is 4.63. The van der Waals surface area contributed by atoms with Gasteiger partial charge in [-0.15, -0.1) is 0 Å². The first-order valence-electron chi connectivity index (χ1n) is 10.9. The minimum Gasteiger partial charge on any atom is -0.463 e. The Morgan fingerprint density at radius 2 is 2.06 bits per heavy atom. The number of rotatable bonds is 4. The van der Waals surface area contributed by atoms with Crippen LogP contribution in [0.3, 0.4) is 0 Å². The molecule has 0 atom stereocenters. The number of nitrogens with zero attached hydrogens (tertiary/aromatic N) is 4. The summed E-state index contributed by atoms with van der Waals surface area (Å²) in [6.07, 6.45) is 1.97. The second-order valence-corrected chi connectivity index (χ2v) is 8.63. The second kappa shape index (κ2) is 8.90. The van der Waals surface area contributed by atoms with Gasteiger partial charge < -0.3 is 26.0 Å². The van der Waals surface area contributed by atoms with E-state index in [9.17, 15) is 13.2 Å². The average molecular weight is 516 g/mol. The van der Waals surface area contributed by atoms with E-state index in [2.05, 4.69) is 25.6 Å². The van der Waals surface area contributed by atoms with Gasteiger partial charge in [0, 0.05) is 31.2 Å². The van der Waals surface area contributed by atoms with Gasteiger partial charge in [-0.3, -0.25) is 9.98 Å². The topological polar surface area (TPSA) is 101 Å². The van der Waals surface area contributed by atoms with E-state index >= 15 is 0 Å². The highest BCUT2D eigenvalue weighted by molar-refractivity contribution is 6.33. The first kappa shape index (κ1) is 23.7. The zero-order valence-electron chi connectivity index (χ0n) is 19.2. The fraction of sp³-hybridized carbons (Fsp3) is 0.208. The summed E-state index contributed by atoms with van der Waals surface area (Å²) in [7, 11) is 1.81. The summed E-state index contributed by atoms with van der Waals surface area (Å²) in [6, 6.07) is 4.59. The molecule has 12 heteroatoms. The van der Waals surface area contributed by atoms with Crippen molar-refractivity contribution >= 4 is 28.9 Å². The van der Waals surface area contributed by atoms with Crippen LogP contribution in [0.15, 0.2) is 48.0 Å². The number of aryl methyl sites for hydroxylation is 1. The normalized spacial score (nSPS) is 14.4. The standard InChI is InChI=1S/C24H21ClF3N7O/c1-12-5-17(29)34-21(19(12)24(26,27)28)15-7-16-18-22(20(15)25)32-11-33-23(18)35(3-4-36-16)10-13-6-14(30-2)9-31-8-13/h3-9,30,33H,10-11H2,1-2H3,(H2,29,34). The van der Waals surface area contributed by atoms with Gasteiger partial charge in [-0.05, 0) is 36.2 Å². The number of benzene rings is 1. The Balaban J connectivity index is 1.72. The summed E-state index contributed by atoms with van der Waals surface area (Å²) < 4.78 is 47.9. The van der Waals surface area contributed by atoms with Crippen LogP contribution in [0.1, 0.15) is 16.7 Å². The maximum Gasteiger partial charge on any atom is 0.418 e. The first-order chi connectivity index (χ1) is 17.2. The summed E-state index contributed by atoms with van der Waals surface area (Å²) in [4.78, 5) is 14.6. The van der Waals surface area contributed by atoms with Crippen LogP contribution >= 0.6 is 11.6 Å². The number of nitrogens with two attached hydrogens (primary N) is 1. The maximum atomic E-state index is 14.0. The van der Waals surface area contributed by atoms with Gasteiger partial charge >= 0.3 is 6.18 Å². The van der Waals surface area contributed by atoms with E-state index in [1.54, 1.807) is 18.6 Å². The molecule has 0 unspecified atom stereocenters. The summed E-state index contributed by atoms with van der Waals surface area (Å²) in [5, 5.41) is 7.16. The lowest BCUT2D eigenvalue weighted by Gasteiger charge is -2.25. The zero-order valence-corrected chi connectivity index (χ0v) is 20.0. The number of anilines is 2. The number of pyridine rings is 2. The predicted octanol–water partition coefficient (Wildman–Crippen LogP) is 3.36. The molecule has 4 heterocycles. The first-order valence-corrected chi connectivity index (χ1v) is 11.3. The van der Waals surface area contributed by atoms with E-state index in [0.29, 0.717) is 22.9 Å². The second-order valence-electron chi connectivity index (χ2n) is 8.25. The van der Waals surface area contributed by atoms with Crippen molar-refractivity contribution in [2.45, 2.75) is 19.6 Å². The minimum absolute atomic E-state index is 0.0278. The van der Waals surface area contributed by atoms with Crippen LogP contribution in [0, 0.1) is 6.92 Å². The number of hydrogen-bond acceptors (Lipinski definition) is 8. The monoisotopic (exact) mass is 515 g/mol. The molecule has 2 aliphatic heterocycles. The molecule has 0 aliphatic carbocycles. The average Bonchev–Trinajstić information content (AvgIpc) is 3.00. The molecule has 3 aromatic rings. The molecule has 0 fully saturated rings. The molecule has 5 rings (SSSR count).